The predicted octanol–water partition coefficient (Wildman–Crippen LogP) is 3.81. The number of rotatable bonds is 8. The Bertz CT molecular complexity index is 740. The molecule has 2 aromatic rings. The van der Waals surface area contributed by atoms with Crippen LogP contribution in [-0.4, -0.2) is 32.6 Å². The second-order valence-electron chi connectivity index (χ2n) is 7.18. The molecule has 0 aromatic heterocycles. The predicted molar refractivity (Wildman–Crippen MR) is 108 cm³/mol. The highest BCUT2D eigenvalue weighted by atomic mass is 16.5. The fourth-order valence-electron chi connectivity index (χ4n) is 2.78. The first-order chi connectivity index (χ1) is 12.9. The summed E-state index contributed by atoms with van der Waals surface area (Å²) in [6.45, 7) is 3.93. The van der Waals surface area contributed by atoms with Gasteiger partial charge in [0, 0.05) is 19.8 Å². The van der Waals surface area contributed by atoms with Crippen LogP contribution in [0.15, 0.2) is 54.6 Å². The number of carbonyl (C=O) groups excluding carboxylic acids is 2. The van der Waals surface area contributed by atoms with E-state index in [2.05, 4.69) is 19.2 Å². The summed E-state index contributed by atoms with van der Waals surface area (Å²) in [5, 5.41) is 2.97. The van der Waals surface area contributed by atoms with Crippen molar-refractivity contribution in [2.45, 2.75) is 26.3 Å². The molecule has 144 valence electrons. The van der Waals surface area contributed by atoms with Crippen LogP contribution in [0, 0.1) is 5.92 Å². The molecule has 0 radical (unpaired) electrons. The van der Waals surface area contributed by atoms with E-state index < -0.39 is 5.97 Å². The van der Waals surface area contributed by atoms with Crippen LogP contribution in [0.25, 0.3) is 0 Å². The first kappa shape index (κ1) is 20.5. The summed E-state index contributed by atoms with van der Waals surface area (Å²) in [6, 6.07) is 16.8. The summed E-state index contributed by atoms with van der Waals surface area (Å²) in [6.07, 6.45) is 0.815. The molecule has 2 rings (SSSR count). The van der Waals surface area contributed by atoms with Crippen LogP contribution < -0.4 is 10.2 Å². The number of carbonyl (C=O) groups is 2. The number of nitrogens with one attached hydrogen (secondary N) is 1. The summed E-state index contributed by atoms with van der Waals surface area (Å²) in [5.41, 5.74) is 2.46. The van der Waals surface area contributed by atoms with Crippen molar-refractivity contribution in [3.05, 3.63) is 65.7 Å². The second kappa shape index (κ2) is 9.76. The molecule has 5 nitrogen and oxygen atoms in total. The van der Waals surface area contributed by atoms with Gasteiger partial charge in [0.15, 0.2) is 6.61 Å². The Hall–Kier alpha value is -2.82. The molecule has 27 heavy (non-hydrogen) atoms. The Morgan fingerprint density at radius 2 is 1.63 bits per heavy atom. The van der Waals surface area contributed by atoms with Crippen molar-refractivity contribution < 1.29 is 14.3 Å². The van der Waals surface area contributed by atoms with E-state index in [-0.39, 0.29) is 18.6 Å². The molecule has 1 N–H and O–H groups in total. The first-order valence-electron chi connectivity index (χ1n) is 9.15. The zero-order valence-corrected chi connectivity index (χ0v) is 16.4. The number of benzene rings is 2. The minimum absolute atomic E-state index is 0.100. The van der Waals surface area contributed by atoms with E-state index in [1.54, 1.807) is 12.1 Å². The van der Waals surface area contributed by atoms with Crippen molar-refractivity contribution in [2.75, 3.05) is 25.6 Å². The van der Waals surface area contributed by atoms with E-state index in [9.17, 15) is 9.59 Å². The van der Waals surface area contributed by atoms with E-state index in [4.69, 9.17) is 4.74 Å². The minimum Gasteiger partial charge on any atom is -0.452 e. The van der Waals surface area contributed by atoms with Crippen LogP contribution in [0.3, 0.4) is 0 Å². The van der Waals surface area contributed by atoms with Crippen molar-refractivity contribution in [1.29, 1.82) is 0 Å². The molecule has 0 saturated heterocycles. The van der Waals surface area contributed by atoms with Crippen molar-refractivity contribution >= 4 is 17.6 Å². The minimum atomic E-state index is -0.504. The average Bonchev–Trinajstić information content (AvgIpc) is 2.66. The quantitative estimate of drug-likeness (QED) is 0.720. The van der Waals surface area contributed by atoms with Gasteiger partial charge in [0.05, 0.1) is 11.6 Å². The number of anilines is 1. The summed E-state index contributed by atoms with van der Waals surface area (Å²) in [7, 11) is 3.86. The van der Waals surface area contributed by atoms with Gasteiger partial charge in [-0.05, 0) is 42.2 Å². The zero-order valence-electron chi connectivity index (χ0n) is 16.4. The molecular formula is C22H28N2O3. The van der Waals surface area contributed by atoms with Gasteiger partial charge in [0.2, 0.25) is 0 Å². The van der Waals surface area contributed by atoms with Gasteiger partial charge in [-0.2, -0.15) is 0 Å². The van der Waals surface area contributed by atoms with E-state index in [1.807, 2.05) is 61.5 Å². The number of hydrogen-bond donors (Lipinski definition) is 1. The molecule has 0 unspecified atom stereocenters. The maximum absolute atomic E-state index is 12.3. The van der Waals surface area contributed by atoms with Gasteiger partial charge in [0.25, 0.3) is 5.91 Å². The molecule has 0 bridgehead atoms. The van der Waals surface area contributed by atoms with Gasteiger partial charge in [0.1, 0.15) is 0 Å². The summed E-state index contributed by atoms with van der Waals surface area (Å²) in [5.74, 6) is -0.383. The van der Waals surface area contributed by atoms with E-state index >= 15 is 0 Å². The fraction of sp³-hybridized carbons (Fsp3) is 0.364. The number of nitrogens with zero attached hydrogens (tertiary/aromatic N) is 1. The Morgan fingerprint density at radius 1 is 1.00 bits per heavy atom. The number of amides is 1. The summed E-state index contributed by atoms with van der Waals surface area (Å²) >= 11 is 0. The van der Waals surface area contributed by atoms with Gasteiger partial charge < -0.3 is 15.0 Å². The maximum atomic E-state index is 12.3. The SMILES string of the molecule is CC(C)C[C@H](NC(=O)COC(=O)c1ccc(N(C)C)cc1)c1ccccc1. The molecule has 1 atom stereocenters. The molecule has 0 aliphatic carbocycles. The lowest BCUT2D eigenvalue weighted by molar-refractivity contribution is -0.125. The molecule has 1 amide bonds. The molecule has 0 spiro atoms. The van der Waals surface area contributed by atoms with Crippen LogP contribution in [0.4, 0.5) is 5.69 Å². The largest absolute Gasteiger partial charge is 0.452 e. The van der Waals surface area contributed by atoms with Gasteiger partial charge in [-0.15, -0.1) is 0 Å². The van der Waals surface area contributed by atoms with E-state index in [0.29, 0.717) is 11.5 Å². The highest BCUT2D eigenvalue weighted by Crippen LogP contribution is 2.21. The van der Waals surface area contributed by atoms with Crippen molar-refractivity contribution in [2.24, 2.45) is 5.92 Å². The number of esters is 1. The molecule has 5 heteroatoms. The average molecular weight is 368 g/mol. The van der Waals surface area contributed by atoms with Crippen LogP contribution in [-0.2, 0) is 9.53 Å². The van der Waals surface area contributed by atoms with Gasteiger partial charge >= 0.3 is 5.97 Å². The van der Waals surface area contributed by atoms with E-state index in [1.165, 1.54) is 0 Å². The third kappa shape index (κ3) is 6.44. The Kier molecular flexibility index (Phi) is 7.41. The number of ether oxygens (including phenoxy) is 1. The topological polar surface area (TPSA) is 58.6 Å². The highest BCUT2D eigenvalue weighted by molar-refractivity contribution is 5.91. The number of hydrogen-bond acceptors (Lipinski definition) is 4. The summed E-state index contributed by atoms with van der Waals surface area (Å²) < 4.78 is 5.17. The monoisotopic (exact) mass is 368 g/mol. The lowest BCUT2D eigenvalue weighted by Crippen LogP contribution is -2.33. The standard InChI is InChI=1S/C22H28N2O3/c1-16(2)14-20(17-8-6-5-7-9-17)23-21(25)15-27-22(26)18-10-12-19(13-11-18)24(3)4/h5-13,16,20H,14-15H2,1-4H3,(H,23,25)/t20-/m0/s1. The van der Waals surface area contributed by atoms with Crippen molar-refractivity contribution in [3.8, 4) is 0 Å². The van der Waals surface area contributed by atoms with Crippen LogP contribution >= 0.6 is 0 Å². The Morgan fingerprint density at radius 3 is 2.19 bits per heavy atom. The highest BCUT2D eigenvalue weighted by Gasteiger charge is 2.17. The van der Waals surface area contributed by atoms with Crippen LogP contribution in [0.1, 0.15) is 42.2 Å². The zero-order chi connectivity index (χ0) is 19.8. The molecule has 0 aliphatic heterocycles. The molecule has 2 aromatic carbocycles. The third-order valence-corrected chi connectivity index (χ3v) is 4.20. The smallest absolute Gasteiger partial charge is 0.338 e. The van der Waals surface area contributed by atoms with Gasteiger partial charge in [-0.1, -0.05) is 44.2 Å². The van der Waals surface area contributed by atoms with Crippen LogP contribution in [0.5, 0.6) is 0 Å². The molecule has 0 fully saturated rings. The summed E-state index contributed by atoms with van der Waals surface area (Å²) in [4.78, 5) is 26.4. The Labute approximate surface area is 161 Å². The molecular weight excluding hydrogens is 340 g/mol. The molecule has 0 aliphatic rings. The fourth-order valence-corrected chi connectivity index (χ4v) is 2.78. The third-order valence-electron chi connectivity index (χ3n) is 4.20. The second-order valence-corrected chi connectivity index (χ2v) is 7.18. The molecule has 0 saturated carbocycles. The van der Waals surface area contributed by atoms with E-state index in [0.717, 1.165) is 17.7 Å². The van der Waals surface area contributed by atoms with Gasteiger partial charge in [-0.3, -0.25) is 4.79 Å². The maximum Gasteiger partial charge on any atom is 0.338 e. The lowest BCUT2D eigenvalue weighted by atomic mass is 9.97. The van der Waals surface area contributed by atoms with Gasteiger partial charge in [-0.25, -0.2) is 4.79 Å². The first-order valence-corrected chi connectivity index (χ1v) is 9.15. The van der Waals surface area contributed by atoms with Crippen molar-refractivity contribution in [3.63, 3.8) is 0 Å². The van der Waals surface area contributed by atoms with Crippen LogP contribution in [0.2, 0.25) is 0 Å². The normalized spacial score (nSPS) is 11.7. The molecule has 0 heterocycles. The Balaban J connectivity index is 1.92. The van der Waals surface area contributed by atoms with Crippen molar-refractivity contribution in [1.82, 2.24) is 5.32 Å². The lowest BCUT2D eigenvalue weighted by Gasteiger charge is -2.21.